The molecule has 1 rings (SSSR count). The zero-order valence-electron chi connectivity index (χ0n) is 11.2. The van der Waals surface area contributed by atoms with Crippen LogP contribution in [0.3, 0.4) is 0 Å². The van der Waals surface area contributed by atoms with Crippen molar-refractivity contribution in [2.24, 2.45) is 0 Å². The Labute approximate surface area is 110 Å². The van der Waals surface area contributed by atoms with Gasteiger partial charge >= 0.3 is 0 Å². The maximum Gasteiger partial charge on any atom is 0.175 e. The summed E-state index contributed by atoms with van der Waals surface area (Å²) in [7, 11) is -3.11. The predicted octanol–water partition coefficient (Wildman–Crippen LogP) is 2.71. The first-order chi connectivity index (χ1) is 8.34. The first kappa shape index (κ1) is 14.9. The lowest BCUT2D eigenvalue weighted by molar-refractivity contribution is 0.482. The third-order valence-corrected chi connectivity index (χ3v) is 3.99. The van der Waals surface area contributed by atoms with E-state index in [1.807, 2.05) is 18.2 Å². The fourth-order valence-electron chi connectivity index (χ4n) is 1.84. The minimum atomic E-state index is -3.11. The van der Waals surface area contributed by atoms with E-state index in [0.717, 1.165) is 12.0 Å². The van der Waals surface area contributed by atoms with Crippen LogP contribution < -0.4 is 5.32 Å². The zero-order valence-corrected chi connectivity index (χ0v) is 12.0. The Morgan fingerprint density at radius 1 is 1.28 bits per heavy atom. The molecule has 0 aliphatic heterocycles. The van der Waals surface area contributed by atoms with Gasteiger partial charge in [-0.3, -0.25) is 0 Å². The Balaban J connectivity index is 2.76. The molecule has 100 valence electrons. The summed E-state index contributed by atoms with van der Waals surface area (Å²) in [6.07, 6.45) is 4.01. The molecule has 0 saturated carbocycles. The smallest absolute Gasteiger partial charge is 0.175 e. The van der Waals surface area contributed by atoms with E-state index in [4.69, 9.17) is 0 Å². The Morgan fingerprint density at radius 3 is 2.28 bits per heavy atom. The van der Waals surface area contributed by atoms with Gasteiger partial charge in [-0.25, -0.2) is 8.42 Å². The van der Waals surface area contributed by atoms with E-state index in [1.165, 1.54) is 6.26 Å². The van der Waals surface area contributed by atoms with E-state index in [9.17, 15) is 8.42 Å². The molecule has 0 fully saturated rings. The van der Waals surface area contributed by atoms with E-state index < -0.39 is 9.84 Å². The first-order valence-electron chi connectivity index (χ1n) is 6.01. The molecule has 2 atom stereocenters. The van der Waals surface area contributed by atoms with Crippen LogP contribution >= 0.6 is 0 Å². The molecule has 2 unspecified atom stereocenters. The topological polar surface area (TPSA) is 46.2 Å². The maximum atomic E-state index is 11.4. The molecule has 1 aromatic carbocycles. The van der Waals surface area contributed by atoms with Gasteiger partial charge in [0.15, 0.2) is 9.84 Å². The summed E-state index contributed by atoms with van der Waals surface area (Å²) in [6, 6.07) is 7.56. The number of nitrogens with one attached hydrogen (secondary N) is 1. The van der Waals surface area contributed by atoms with Crippen molar-refractivity contribution in [3.05, 3.63) is 42.5 Å². The van der Waals surface area contributed by atoms with Gasteiger partial charge < -0.3 is 5.32 Å². The van der Waals surface area contributed by atoms with Crippen molar-refractivity contribution >= 4 is 9.84 Å². The van der Waals surface area contributed by atoms with Crippen molar-refractivity contribution < 1.29 is 8.42 Å². The quantitative estimate of drug-likeness (QED) is 0.806. The van der Waals surface area contributed by atoms with Gasteiger partial charge in [-0.15, -0.1) is 6.58 Å². The Kier molecular flexibility index (Phi) is 5.11. The summed E-state index contributed by atoms with van der Waals surface area (Å²) in [4.78, 5) is 0.359. The lowest BCUT2D eigenvalue weighted by Crippen LogP contribution is -2.28. The van der Waals surface area contributed by atoms with Gasteiger partial charge in [0.05, 0.1) is 4.90 Å². The third-order valence-electron chi connectivity index (χ3n) is 2.86. The Morgan fingerprint density at radius 2 is 1.83 bits per heavy atom. The van der Waals surface area contributed by atoms with Crippen molar-refractivity contribution in [2.45, 2.75) is 37.2 Å². The van der Waals surface area contributed by atoms with E-state index in [1.54, 1.807) is 12.1 Å². The average Bonchev–Trinajstić information content (AvgIpc) is 2.28. The molecule has 0 aliphatic rings. The van der Waals surface area contributed by atoms with Crippen LogP contribution in [0, 0.1) is 0 Å². The highest BCUT2D eigenvalue weighted by atomic mass is 32.2. The Bertz CT molecular complexity index is 491. The van der Waals surface area contributed by atoms with Gasteiger partial charge in [-0.1, -0.05) is 18.2 Å². The fraction of sp³-hybridized carbons (Fsp3) is 0.429. The van der Waals surface area contributed by atoms with Crippen LogP contribution in [-0.2, 0) is 9.84 Å². The lowest BCUT2D eigenvalue weighted by atomic mass is 10.1. The van der Waals surface area contributed by atoms with Crippen LogP contribution in [0.2, 0.25) is 0 Å². The molecular weight excluding hydrogens is 246 g/mol. The van der Waals surface area contributed by atoms with Crippen molar-refractivity contribution in [3.8, 4) is 0 Å². The second-order valence-corrected chi connectivity index (χ2v) is 6.67. The van der Waals surface area contributed by atoms with Crippen LogP contribution in [0.4, 0.5) is 0 Å². The fourth-order valence-corrected chi connectivity index (χ4v) is 2.48. The largest absolute Gasteiger partial charge is 0.307 e. The highest BCUT2D eigenvalue weighted by molar-refractivity contribution is 7.90. The van der Waals surface area contributed by atoms with Crippen molar-refractivity contribution in [3.63, 3.8) is 0 Å². The molecule has 0 aliphatic carbocycles. The van der Waals surface area contributed by atoms with Crippen LogP contribution in [-0.4, -0.2) is 20.7 Å². The number of benzene rings is 1. The molecular formula is C14H21NO2S. The normalized spacial score (nSPS) is 15.1. The molecule has 4 heteroatoms. The van der Waals surface area contributed by atoms with Crippen LogP contribution in [0.1, 0.15) is 31.9 Å². The highest BCUT2D eigenvalue weighted by Crippen LogP contribution is 2.17. The number of rotatable bonds is 6. The van der Waals surface area contributed by atoms with Crippen LogP contribution in [0.25, 0.3) is 0 Å². The van der Waals surface area contributed by atoms with Gasteiger partial charge in [-0.2, -0.15) is 0 Å². The van der Waals surface area contributed by atoms with Gasteiger partial charge in [0.2, 0.25) is 0 Å². The van der Waals surface area contributed by atoms with E-state index in [2.05, 4.69) is 25.7 Å². The second kappa shape index (κ2) is 6.16. The number of hydrogen-bond acceptors (Lipinski definition) is 3. The molecule has 1 aromatic rings. The molecule has 0 radical (unpaired) electrons. The standard InChI is InChI=1S/C14H21NO2S/c1-5-6-11(2)15-12(3)13-7-9-14(10-8-13)18(4,16)17/h5,7-12,15H,1,6H2,2-4H3. The van der Waals surface area contributed by atoms with Crippen molar-refractivity contribution in [1.82, 2.24) is 5.32 Å². The molecule has 0 aromatic heterocycles. The Hall–Kier alpha value is -1.13. The molecule has 3 nitrogen and oxygen atoms in total. The summed E-state index contributed by atoms with van der Waals surface area (Å²) in [5.74, 6) is 0. The van der Waals surface area contributed by atoms with E-state index in [0.29, 0.717) is 10.9 Å². The van der Waals surface area contributed by atoms with Gasteiger partial charge in [-0.05, 0) is 38.0 Å². The van der Waals surface area contributed by atoms with E-state index in [-0.39, 0.29) is 6.04 Å². The lowest BCUT2D eigenvalue weighted by Gasteiger charge is -2.19. The zero-order chi connectivity index (χ0) is 13.8. The van der Waals surface area contributed by atoms with Gasteiger partial charge in [0, 0.05) is 18.3 Å². The summed E-state index contributed by atoms with van der Waals surface area (Å²) in [6.45, 7) is 7.88. The van der Waals surface area contributed by atoms with Crippen LogP contribution in [0.5, 0.6) is 0 Å². The monoisotopic (exact) mass is 267 g/mol. The summed E-state index contributed by atoms with van der Waals surface area (Å²) in [5.41, 5.74) is 1.08. The molecule has 0 heterocycles. The predicted molar refractivity (Wildman–Crippen MR) is 75.4 cm³/mol. The minimum absolute atomic E-state index is 0.188. The van der Waals surface area contributed by atoms with Crippen molar-refractivity contribution in [2.75, 3.05) is 6.26 Å². The van der Waals surface area contributed by atoms with E-state index >= 15 is 0 Å². The molecule has 0 saturated heterocycles. The average molecular weight is 267 g/mol. The number of sulfone groups is 1. The maximum absolute atomic E-state index is 11.4. The summed E-state index contributed by atoms with van der Waals surface area (Å²) >= 11 is 0. The number of hydrogen-bond donors (Lipinski definition) is 1. The minimum Gasteiger partial charge on any atom is -0.307 e. The first-order valence-corrected chi connectivity index (χ1v) is 7.90. The molecule has 0 amide bonds. The summed E-state index contributed by atoms with van der Waals surface area (Å²) < 4.78 is 22.7. The molecule has 18 heavy (non-hydrogen) atoms. The summed E-state index contributed by atoms with van der Waals surface area (Å²) in [5, 5.41) is 3.43. The molecule has 0 bridgehead atoms. The van der Waals surface area contributed by atoms with Crippen molar-refractivity contribution in [1.29, 1.82) is 0 Å². The molecule has 1 N–H and O–H groups in total. The second-order valence-electron chi connectivity index (χ2n) is 4.65. The van der Waals surface area contributed by atoms with Crippen LogP contribution in [0.15, 0.2) is 41.8 Å². The van der Waals surface area contributed by atoms with Gasteiger partial charge in [0.25, 0.3) is 0 Å². The SMILES string of the molecule is C=CCC(C)NC(C)c1ccc(S(C)(=O)=O)cc1. The third kappa shape index (κ3) is 4.27. The molecule has 0 spiro atoms. The van der Waals surface area contributed by atoms with Gasteiger partial charge in [0.1, 0.15) is 0 Å². The highest BCUT2D eigenvalue weighted by Gasteiger charge is 2.10.